The molecule has 0 aliphatic rings. The van der Waals surface area contributed by atoms with E-state index in [0.29, 0.717) is 0 Å². The molecule has 0 saturated carbocycles. The van der Waals surface area contributed by atoms with E-state index >= 15 is 0 Å². The molecule has 0 rings (SSSR count). The van der Waals surface area contributed by atoms with Crippen molar-refractivity contribution in [3.05, 3.63) is 0 Å². The number of carbonyl (C=O) groups is 2. The van der Waals surface area contributed by atoms with E-state index in [2.05, 4.69) is 4.74 Å². The molecule has 0 aliphatic carbocycles. The standard InChI is InChI=1S/C7H11ClO5S/c1-5(14(2,11)12)13-7(10)3-6(9)4-8/h5H,3-4H2,1-2H3. The van der Waals surface area contributed by atoms with Gasteiger partial charge >= 0.3 is 5.97 Å². The molecule has 0 fully saturated rings. The molecule has 82 valence electrons. The maximum atomic E-state index is 10.9. The fourth-order valence-electron chi connectivity index (χ4n) is 0.522. The summed E-state index contributed by atoms with van der Waals surface area (Å²) in [6.07, 6.45) is 0.442. The third-order valence-corrected chi connectivity index (χ3v) is 2.99. The minimum Gasteiger partial charge on any atom is -0.446 e. The van der Waals surface area contributed by atoms with Crippen LogP contribution < -0.4 is 0 Å². The van der Waals surface area contributed by atoms with Crippen molar-refractivity contribution in [1.82, 2.24) is 0 Å². The van der Waals surface area contributed by atoms with Gasteiger partial charge in [-0.15, -0.1) is 11.6 Å². The van der Waals surface area contributed by atoms with Crippen molar-refractivity contribution in [3.8, 4) is 0 Å². The predicted octanol–water partition coefficient (Wildman–Crippen LogP) is 0.118. The van der Waals surface area contributed by atoms with Gasteiger partial charge in [-0.1, -0.05) is 0 Å². The zero-order chi connectivity index (χ0) is 11.4. The monoisotopic (exact) mass is 242 g/mol. The molecule has 7 heteroatoms. The Morgan fingerprint density at radius 1 is 1.43 bits per heavy atom. The smallest absolute Gasteiger partial charge is 0.314 e. The van der Waals surface area contributed by atoms with Gasteiger partial charge in [0, 0.05) is 6.26 Å². The van der Waals surface area contributed by atoms with Gasteiger partial charge in [-0.05, 0) is 6.92 Å². The summed E-state index contributed by atoms with van der Waals surface area (Å²) < 4.78 is 26.1. The van der Waals surface area contributed by atoms with Crippen molar-refractivity contribution in [2.45, 2.75) is 18.8 Å². The van der Waals surface area contributed by atoms with Crippen molar-refractivity contribution < 1.29 is 22.7 Å². The van der Waals surface area contributed by atoms with Crippen LogP contribution in [0.15, 0.2) is 0 Å². The molecule has 0 aromatic rings. The SMILES string of the molecule is CC(OC(=O)CC(=O)CCl)S(C)(=O)=O. The fourth-order valence-corrected chi connectivity index (χ4v) is 0.899. The van der Waals surface area contributed by atoms with Gasteiger partial charge in [-0.3, -0.25) is 9.59 Å². The largest absolute Gasteiger partial charge is 0.446 e. The number of ketones is 1. The summed E-state index contributed by atoms with van der Waals surface area (Å²) in [7, 11) is -3.43. The molecular weight excluding hydrogens is 232 g/mol. The highest BCUT2D eigenvalue weighted by molar-refractivity contribution is 7.91. The van der Waals surface area contributed by atoms with E-state index in [0.717, 1.165) is 6.26 Å². The molecule has 14 heavy (non-hydrogen) atoms. The predicted molar refractivity (Wildman–Crippen MR) is 50.7 cm³/mol. The summed E-state index contributed by atoms with van der Waals surface area (Å²) in [5, 5.41) is 0. The molecule has 0 aromatic heterocycles. The van der Waals surface area contributed by atoms with E-state index < -0.39 is 33.4 Å². The van der Waals surface area contributed by atoms with E-state index in [1.165, 1.54) is 6.92 Å². The van der Waals surface area contributed by atoms with Crippen molar-refractivity contribution in [2.75, 3.05) is 12.1 Å². The van der Waals surface area contributed by atoms with Crippen molar-refractivity contribution in [3.63, 3.8) is 0 Å². The van der Waals surface area contributed by atoms with Gasteiger partial charge < -0.3 is 4.74 Å². The van der Waals surface area contributed by atoms with E-state index in [1.807, 2.05) is 0 Å². The molecule has 5 nitrogen and oxygen atoms in total. The van der Waals surface area contributed by atoms with Crippen LogP contribution >= 0.6 is 11.6 Å². The van der Waals surface area contributed by atoms with Crippen LogP contribution in [0.2, 0.25) is 0 Å². The van der Waals surface area contributed by atoms with E-state index in [4.69, 9.17) is 11.6 Å². The molecule has 0 N–H and O–H groups in total. The molecule has 0 aromatic carbocycles. The lowest BCUT2D eigenvalue weighted by Gasteiger charge is -2.10. The summed E-state index contributed by atoms with van der Waals surface area (Å²) in [5.74, 6) is -1.67. The Bertz CT molecular complexity index is 321. The van der Waals surface area contributed by atoms with E-state index in [9.17, 15) is 18.0 Å². The van der Waals surface area contributed by atoms with E-state index in [-0.39, 0.29) is 5.88 Å². The molecule has 1 atom stereocenters. The lowest BCUT2D eigenvalue weighted by atomic mass is 10.3. The van der Waals surface area contributed by atoms with Crippen LogP contribution in [0.25, 0.3) is 0 Å². The number of ether oxygens (including phenoxy) is 1. The molecule has 0 aliphatic heterocycles. The van der Waals surface area contributed by atoms with Crippen LogP contribution in [0.1, 0.15) is 13.3 Å². The minimum atomic E-state index is -3.43. The van der Waals surface area contributed by atoms with Gasteiger partial charge in [-0.2, -0.15) is 0 Å². The maximum Gasteiger partial charge on any atom is 0.314 e. The third kappa shape index (κ3) is 5.18. The summed E-state index contributed by atoms with van der Waals surface area (Å²) in [6.45, 7) is 1.22. The minimum absolute atomic E-state index is 0.289. The first-order chi connectivity index (χ1) is 6.27. The number of hydrogen-bond acceptors (Lipinski definition) is 5. The second-order valence-electron chi connectivity index (χ2n) is 2.74. The Kier molecular flexibility index (Phi) is 5.07. The summed E-state index contributed by atoms with van der Waals surface area (Å²) >= 11 is 5.15. The lowest BCUT2D eigenvalue weighted by Crippen LogP contribution is -2.24. The number of alkyl halides is 1. The molecule has 0 radical (unpaired) electrons. The van der Waals surface area contributed by atoms with Gasteiger partial charge in [0.25, 0.3) is 0 Å². The molecule has 1 unspecified atom stereocenters. The first-order valence-electron chi connectivity index (χ1n) is 3.73. The van der Waals surface area contributed by atoms with Crippen molar-refractivity contribution >= 4 is 33.2 Å². The lowest BCUT2D eigenvalue weighted by molar-refractivity contribution is -0.146. The average molecular weight is 243 g/mol. The van der Waals surface area contributed by atoms with Gasteiger partial charge in [0.1, 0.15) is 6.42 Å². The quantitative estimate of drug-likeness (QED) is 0.389. The Balaban J connectivity index is 4.15. The summed E-state index contributed by atoms with van der Waals surface area (Å²) in [4.78, 5) is 21.6. The van der Waals surface area contributed by atoms with Crippen LogP contribution in [0, 0.1) is 0 Å². The number of hydrogen-bond donors (Lipinski definition) is 0. The zero-order valence-corrected chi connectivity index (χ0v) is 9.39. The highest BCUT2D eigenvalue weighted by atomic mass is 35.5. The van der Waals surface area contributed by atoms with Crippen LogP contribution in [0.5, 0.6) is 0 Å². The Morgan fingerprint density at radius 3 is 2.29 bits per heavy atom. The van der Waals surface area contributed by atoms with Crippen molar-refractivity contribution in [1.29, 1.82) is 0 Å². The van der Waals surface area contributed by atoms with Crippen LogP contribution in [-0.2, 0) is 24.2 Å². The number of esters is 1. The van der Waals surface area contributed by atoms with Crippen molar-refractivity contribution in [2.24, 2.45) is 0 Å². The Hall–Kier alpha value is -0.620. The highest BCUT2D eigenvalue weighted by Crippen LogP contribution is 2.02. The summed E-state index contributed by atoms with van der Waals surface area (Å²) in [6, 6.07) is 0. The molecular formula is C7H11ClO5S. The van der Waals surface area contributed by atoms with E-state index in [1.54, 1.807) is 0 Å². The Labute approximate surface area is 87.3 Å². The molecule has 0 spiro atoms. The number of rotatable bonds is 5. The van der Waals surface area contributed by atoms with Crippen LogP contribution in [-0.4, -0.2) is 37.7 Å². The summed E-state index contributed by atoms with van der Waals surface area (Å²) in [5.41, 5.74) is -1.24. The van der Waals surface area contributed by atoms with Gasteiger partial charge in [0.15, 0.2) is 21.1 Å². The second kappa shape index (κ2) is 5.31. The molecule has 0 bridgehead atoms. The average Bonchev–Trinajstić information content (AvgIpc) is 2.02. The third-order valence-electron chi connectivity index (χ3n) is 1.39. The first-order valence-corrected chi connectivity index (χ1v) is 6.22. The maximum absolute atomic E-state index is 10.9. The van der Waals surface area contributed by atoms with Crippen LogP contribution in [0.4, 0.5) is 0 Å². The second-order valence-corrected chi connectivity index (χ2v) is 5.33. The number of sulfone groups is 1. The number of halogens is 1. The normalized spacial score (nSPS) is 13.4. The zero-order valence-electron chi connectivity index (χ0n) is 7.82. The topological polar surface area (TPSA) is 77.5 Å². The molecule has 0 heterocycles. The number of carbonyl (C=O) groups excluding carboxylic acids is 2. The molecule has 0 saturated heterocycles. The van der Waals surface area contributed by atoms with Gasteiger partial charge in [0.2, 0.25) is 0 Å². The highest BCUT2D eigenvalue weighted by Gasteiger charge is 2.20. The Morgan fingerprint density at radius 2 is 1.93 bits per heavy atom. The fraction of sp³-hybridized carbons (Fsp3) is 0.714. The van der Waals surface area contributed by atoms with Gasteiger partial charge in [-0.25, -0.2) is 8.42 Å². The number of Topliss-reactive ketones (excluding diaryl/α,β-unsaturated/α-hetero) is 1. The first kappa shape index (κ1) is 13.4. The van der Waals surface area contributed by atoms with Crippen LogP contribution in [0.3, 0.4) is 0 Å². The van der Waals surface area contributed by atoms with Gasteiger partial charge in [0.05, 0.1) is 5.88 Å². The molecule has 0 amide bonds.